The van der Waals surface area contributed by atoms with E-state index in [4.69, 9.17) is 5.11 Å². The summed E-state index contributed by atoms with van der Waals surface area (Å²) in [7, 11) is 0. The lowest BCUT2D eigenvalue weighted by Crippen LogP contribution is -2.18. The van der Waals surface area contributed by atoms with Crippen molar-refractivity contribution in [2.75, 3.05) is 0 Å². The number of carboxylic acids is 1. The van der Waals surface area contributed by atoms with Crippen LogP contribution in [-0.4, -0.2) is 11.1 Å². The Kier molecular flexibility index (Phi) is 7.07. The summed E-state index contributed by atoms with van der Waals surface area (Å²) in [6.07, 6.45) is 14.4. The van der Waals surface area contributed by atoms with Crippen LogP contribution in [0, 0.1) is 17.8 Å². The van der Waals surface area contributed by atoms with E-state index in [9.17, 15) is 4.79 Å². The molecule has 0 saturated heterocycles. The largest absolute Gasteiger partial charge is 0.481 e. The Labute approximate surface area is 111 Å². The zero-order chi connectivity index (χ0) is 13.4. The molecule has 0 radical (unpaired) electrons. The van der Waals surface area contributed by atoms with Crippen LogP contribution in [0.2, 0.25) is 0 Å². The van der Waals surface area contributed by atoms with Crippen molar-refractivity contribution in [3.63, 3.8) is 0 Å². The Bertz CT molecular complexity index is 260. The molecule has 18 heavy (non-hydrogen) atoms. The van der Waals surface area contributed by atoms with Crippen LogP contribution < -0.4 is 0 Å². The summed E-state index contributed by atoms with van der Waals surface area (Å²) in [4.78, 5) is 11.0. The van der Waals surface area contributed by atoms with Crippen molar-refractivity contribution in [2.45, 2.75) is 65.2 Å². The number of allylic oxidation sites excluding steroid dienone is 2. The molecule has 104 valence electrons. The van der Waals surface area contributed by atoms with E-state index in [0.29, 0.717) is 6.42 Å². The molecular weight excluding hydrogens is 224 g/mol. The minimum atomic E-state index is -0.663. The van der Waals surface area contributed by atoms with Gasteiger partial charge in [0.05, 0.1) is 5.92 Å². The maximum absolute atomic E-state index is 11.0. The predicted molar refractivity (Wildman–Crippen MR) is 75.5 cm³/mol. The van der Waals surface area contributed by atoms with E-state index < -0.39 is 5.97 Å². The second-order valence-electron chi connectivity index (χ2n) is 5.99. The molecule has 0 aliphatic heterocycles. The van der Waals surface area contributed by atoms with Gasteiger partial charge in [0.15, 0.2) is 0 Å². The Morgan fingerprint density at radius 3 is 2.28 bits per heavy atom. The van der Waals surface area contributed by atoms with Crippen LogP contribution in [0.3, 0.4) is 0 Å². The highest BCUT2D eigenvalue weighted by molar-refractivity contribution is 5.70. The Balaban J connectivity index is 2.28. The second kappa shape index (κ2) is 8.34. The first-order valence-corrected chi connectivity index (χ1v) is 7.49. The van der Waals surface area contributed by atoms with Crippen molar-refractivity contribution in [2.24, 2.45) is 17.8 Å². The quantitative estimate of drug-likeness (QED) is 0.552. The van der Waals surface area contributed by atoms with Gasteiger partial charge in [-0.1, -0.05) is 64.5 Å². The van der Waals surface area contributed by atoms with Gasteiger partial charge in [-0.3, -0.25) is 4.79 Å². The van der Waals surface area contributed by atoms with Crippen molar-refractivity contribution in [3.05, 3.63) is 12.2 Å². The summed E-state index contributed by atoms with van der Waals surface area (Å²) in [5.74, 6) is 0.163. The van der Waals surface area contributed by atoms with Crippen LogP contribution in [-0.2, 0) is 4.79 Å². The first kappa shape index (κ1) is 15.3. The van der Waals surface area contributed by atoms with Gasteiger partial charge in [0.1, 0.15) is 0 Å². The molecule has 2 nitrogen and oxygen atoms in total. The maximum Gasteiger partial charge on any atom is 0.307 e. The van der Waals surface area contributed by atoms with Crippen LogP contribution in [0.5, 0.6) is 0 Å². The smallest absolute Gasteiger partial charge is 0.307 e. The van der Waals surface area contributed by atoms with Crippen molar-refractivity contribution in [1.82, 2.24) is 0 Å². The average Bonchev–Trinajstić information content (AvgIpc) is 2.56. The van der Waals surface area contributed by atoms with Gasteiger partial charge in [-0.05, 0) is 24.7 Å². The first-order valence-electron chi connectivity index (χ1n) is 7.49. The van der Waals surface area contributed by atoms with E-state index in [0.717, 1.165) is 12.3 Å². The standard InChI is InChI=1S/C16H28O2/c1-13(2)15(16(17)18)12-8-7-11-14-9-5-3-4-6-10-14/h7-8,13-15H,3-6,9-12H2,1-2H3,(H,17,18)/b8-7+. The number of hydrogen-bond donors (Lipinski definition) is 1. The van der Waals surface area contributed by atoms with Crippen molar-refractivity contribution < 1.29 is 9.90 Å². The topological polar surface area (TPSA) is 37.3 Å². The van der Waals surface area contributed by atoms with Gasteiger partial charge in [-0.15, -0.1) is 0 Å². The first-order chi connectivity index (χ1) is 8.61. The van der Waals surface area contributed by atoms with E-state index >= 15 is 0 Å². The van der Waals surface area contributed by atoms with E-state index in [2.05, 4.69) is 12.2 Å². The molecule has 1 atom stereocenters. The molecule has 1 unspecified atom stereocenters. The van der Waals surface area contributed by atoms with Gasteiger partial charge in [0.2, 0.25) is 0 Å². The summed E-state index contributed by atoms with van der Waals surface area (Å²) in [6.45, 7) is 3.97. The summed E-state index contributed by atoms with van der Waals surface area (Å²) in [5, 5.41) is 9.10. The third-order valence-corrected chi connectivity index (χ3v) is 4.12. The van der Waals surface area contributed by atoms with Crippen molar-refractivity contribution in [1.29, 1.82) is 0 Å². The lowest BCUT2D eigenvalue weighted by atomic mass is 9.91. The second-order valence-corrected chi connectivity index (χ2v) is 5.99. The molecule has 0 amide bonds. The highest BCUT2D eigenvalue weighted by Crippen LogP contribution is 2.26. The Morgan fingerprint density at radius 2 is 1.78 bits per heavy atom. The lowest BCUT2D eigenvalue weighted by Gasteiger charge is -2.14. The van der Waals surface area contributed by atoms with Crippen LogP contribution in [0.4, 0.5) is 0 Å². The normalized spacial score (nSPS) is 20.2. The lowest BCUT2D eigenvalue weighted by molar-refractivity contribution is -0.143. The SMILES string of the molecule is CC(C)C(C/C=C/CC1CCCCCC1)C(=O)O. The minimum Gasteiger partial charge on any atom is -0.481 e. The highest BCUT2D eigenvalue weighted by Gasteiger charge is 2.19. The molecule has 1 fully saturated rings. The third kappa shape index (κ3) is 5.70. The van der Waals surface area contributed by atoms with Crippen LogP contribution in [0.15, 0.2) is 12.2 Å². The Hall–Kier alpha value is -0.790. The van der Waals surface area contributed by atoms with Crippen LogP contribution >= 0.6 is 0 Å². The summed E-state index contributed by atoms with van der Waals surface area (Å²) < 4.78 is 0. The van der Waals surface area contributed by atoms with E-state index in [1.54, 1.807) is 0 Å². The fraction of sp³-hybridized carbons (Fsp3) is 0.812. The molecule has 1 aliphatic carbocycles. The van der Waals surface area contributed by atoms with Gasteiger partial charge in [-0.25, -0.2) is 0 Å². The molecule has 0 heterocycles. The van der Waals surface area contributed by atoms with Gasteiger partial charge < -0.3 is 5.11 Å². The maximum atomic E-state index is 11.0. The predicted octanol–water partition coefficient (Wildman–Crippen LogP) is 4.65. The monoisotopic (exact) mass is 252 g/mol. The molecule has 0 bridgehead atoms. The molecule has 1 rings (SSSR count). The minimum absolute atomic E-state index is 0.213. The van der Waals surface area contributed by atoms with E-state index in [1.807, 2.05) is 13.8 Å². The molecular formula is C16H28O2. The fourth-order valence-corrected chi connectivity index (χ4v) is 2.79. The zero-order valence-electron chi connectivity index (χ0n) is 11.9. The molecule has 2 heteroatoms. The van der Waals surface area contributed by atoms with Gasteiger partial charge >= 0.3 is 5.97 Å². The average molecular weight is 252 g/mol. The number of carbonyl (C=O) groups is 1. The molecule has 1 aliphatic rings. The van der Waals surface area contributed by atoms with Crippen LogP contribution in [0.25, 0.3) is 0 Å². The van der Waals surface area contributed by atoms with E-state index in [1.165, 1.54) is 38.5 Å². The van der Waals surface area contributed by atoms with E-state index in [-0.39, 0.29) is 11.8 Å². The number of aliphatic carboxylic acids is 1. The molecule has 0 aromatic heterocycles. The number of hydrogen-bond acceptors (Lipinski definition) is 1. The third-order valence-electron chi connectivity index (χ3n) is 4.12. The molecule has 1 saturated carbocycles. The highest BCUT2D eigenvalue weighted by atomic mass is 16.4. The Morgan fingerprint density at radius 1 is 1.17 bits per heavy atom. The molecule has 1 N–H and O–H groups in total. The van der Waals surface area contributed by atoms with Crippen molar-refractivity contribution >= 4 is 5.97 Å². The molecule has 0 aromatic rings. The zero-order valence-corrected chi connectivity index (χ0v) is 11.9. The van der Waals surface area contributed by atoms with Gasteiger partial charge in [-0.2, -0.15) is 0 Å². The molecule has 0 spiro atoms. The van der Waals surface area contributed by atoms with Crippen LogP contribution in [0.1, 0.15) is 65.2 Å². The summed E-state index contributed by atoms with van der Waals surface area (Å²) in [6, 6.07) is 0. The summed E-state index contributed by atoms with van der Waals surface area (Å²) in [5.41, 5.74) is 0. The number of carboxylic acid groups (broad SMARTS) is 1. The number of rotatable bonds is 6. The van der Waals surface area contributed by atoms with Crippen molar-refractivity contribution in [3.8, 4) is 0 Å². The van der Waals surface area contributed by atoms with Gasteiger partial charge in [0, 0.05) is 0 Å². The molecule has 0 aromatic carbocycles. The fourth-order valence-electron chi connectivity index (χ4n) is 2.79. The van der Waals surface area contributed by atoms with Gasteiger partial charge in [0.25, 0.3) is 0 Å². The summed E-state index contributed by atoms with van der Waals surface area (Å²) >= 11 is 0.